The molecular formula is C38H40Cl2N12O3. The van der Waals surface area contributed by atoms with Gasteiger partial charge in [-0.05, 0) is 48.5 Å². The zero-order valence-electron chi connectivity index (χ0n) is 29.7. The zero-order valence-corrected chi connectivity index (χ0v) is 31.2. The van der Waals surface area contributed by atoms with Gasteiger partial charge in [0.1, 0.15) is 0 Å². The van der Waals surface area contributed by atoms with E-state index in [1.165, 1.54) is 0 Å². The molecule has 2 aromatic heterocycles. The van der Waals surface area contributed by atoms with Crippen molar-refractivity contribution in [2.75, 3.05) is 63.4 Å². The number of nitrogens with zero attached hydrogens (tertiary/aromatic N) is 6. The lowest BCUT2D eigenvalue weighted by Gasteiger charge is -2.14. The first-order valence-electron chi connectivity index (χ1n) is 17.3. The number of aliphatic imine (C=N–C) groups is 2. The molecule has 0 aliphatic rings. The summed E-state index contributed by atoms with van der Waals surface area (Å²) < 4.78 is 17.3. The average Bonchev–Trinajstić information content (AvgIpc) is 3.16. The predicted octanol–water partition coefficient (Wildman–Crippen LogP) is 5.60. The largest absolute Gasteiger partial charge is 0.382 e. The number of fused-ring (bicyclic) bond motifs is 2. The van der Waals surface area contributed by atoms with Crippen molar-refractivity contribution in [1.29, 1.82) is 0 Å². The quantitative estimate of drug-likeness (QED) is 0.0355. The van der Waals surface area contributed by atoms with E-state index >= 15 is 0 Å². The molecule has 0 atom stereocenters. The summed E-state index contributed by atoms with van der Waals surface area (Å²) in [5.74, 6) is 0.0544. The van der Waals surface area contributed by atoms with E-state index in [1.807, 2.05) is 60.7 Å². The molecule has 0 aliphatic carbocycles. The first-order valence-corrected chi connectivity index (χ1v) is 18.0. The molecule has 6 aromatic rings. The summed E-state index contributed by atoms with van der Waals surface area (Å²) >= 11 is 12.6. The number of hydrogen-bond acceptors (Lipinski definition) is 11. The Kier molecular flexibility index (Phi) is 13.4. The molecule has 284 valence electrons. The fourth-order valence-electron chi connectivity index (χ4n) is 5.66. The standard InChI is InChI=1S/C38H40Cl2N12O3/c39-23-9-11-31-27(21-23)33(49-37(47-31)51-35(41)42)25-5-1-3-7-29(25)45-13-15-53-17-19-55-20-18-54-16-14-46-30-8-4-2-6-26(30)34-28-22-24(40)10-12-32(28)48-38(50-34)52-36(43)44/h1-12,21-22,45-46H,13-20H2,(H4,41,42,47,49,51)(H4,43,44,48,50,52). The van der Waals surface area contributed by atoms with Gasteiger partial charge in [0.05, 0.1) is 62.1 Å². The lowest BCUT2D eigenvalue weighted by atomic mass is 10.0. The van der Waals surface area contributed by atoms with Crippen LogP contribution in [0.2, 0.25) is 10.0 Å². The van der Waals surface area contributed by atoms with Crippen molar-refractivity contribution in [3.63, 3.8) is 0 Å². The van der Waals surface area contributed by atoms with Gasteiger partial charge in [0.25, 0.3) is 11.9 Å². The monoisotopic (exact) mass is 782 g/mol. The molecule has 0 radical (unpaired) electrons. The SMILES string of the molecule is NC(N)=Nc1nc(-c2ccccc2NCCOCCOCCOCCNc2ccccc2-c2nc(N=C(N)N)nc3ccc(Cl)cc23)c2cc(Cl)ccc2n1. The van der Waals surface area contributed by atoms with Crippen LogP contribution in [0.3, 0.4) is 0 Å². The normalized spacial score (nSPS) is 11.1. The predicted molar refractivity (Wildman–Crippen MR) is 220 cm³/mol. The van der Waals surface area contributed by atoms with Crippen molar-refractivity contribution in [2.45, 2.75) is 0 Å². The summed E-state index contributed by atoms with van der Waals surface area (Å²) in [5, 5.41) is 9.53. The second-order valence-corrected chi connectivity index (χ2v) is 12.8. The van der Waals surface area contributed by atoms with Crippen LogP contribution in [0.4, 0.5) is 23.3 Å². The molecule has 55 heavy (non-hydrogen) atoms. The molecule has 17 heteroatoms. The summed E-state index contributed by atoms with van der Waals surface area (Å²) in [6, 6.07) is 26.4. The minimum atomic E-state index is -0.132. The van der Waals surface area contributed by atoms with Gasteiger partial charge >= 0.3 is 0 Å². The van der Waals surface area contributed by atoms with Crippen molar-refractivity contribution in [3.8, 4) is 22.5 Å². The van der Waals surface area contributed by atoms with E-state index < -0.39 is 0 Å². The van der Waals surface area contributed by atoms with Crippen molar-refractivity contribution in [3.05, 3.63) is 95.0 Å². The number of halogens is 2. The Morgan fingerprint density at radius 3 is 1.35 bits per heavy atom. The highest BCUT2D eigenvalue weighted by molar-refractivity contribution is 6.32. The summed E-state index contributed by atoms with van der Waals surface area (Å²) in [6.07, 6.45) is 0. The van der Waals surface area contributed by atoms with Gasteiger partial charge in [-0.3, -0.25) is 0 Å². The minimum absolute atomic E-state index is 0.132. The Bertz CT molecular complexity index is 2160. The van der Waals surface area contributed by atoms with Crippen LogP contribution in [0.25, 0.3) is 44.3 Å². The fourth-order valence-corrected chi connectivity index (χ4v) is 6.01. The number of nitrogens with one attached hydrogen (secondary N) is 2. The van der Waals surface area contributed by atoms with Crippen LogP contribution in [-0.2, 0) is 14.2 Å². The van der Waals surface area contributed by atoms with Crippen LogP contribution in [0.5, 0.6) is 0 Å². The number of rotatable bonds is 18. The molecule has 0 bridgehead atoms. The number of benzene rings is 4. The van der Waals surface area contributed by atoms with Gasteiger partial charge in [-0.15, -0.1) is 0 Å². The second kappa shape index (κ2) is 19.0. The topological polar surface area (TPSA) is 232 Å². The first kappa shape index (κ1) is 38.9. The smallest absolute Gasteiger partial charge is 0.253 e. The van der Waals surface area contributed by atoms with Gasteiger partial charge in [-0.25, -0.2) is 19.9 Å². The summed E-state index contributed by atoms with van der Waals surface area (Å²) in [7, 11) is 0. The molecule has 0 saturated carbocycles. The highest BCUT2D eigenvalue weighted by Gasteiger charge is 2.16. The third kappa shape index (κ3) is 10.6. The molecule has 15 nitrogen and oxygen atoms in total. The van der Waals surface area contributed by atoms with E-state index in [4.69, 9.17) is 60.3 Å². The van der Waals surface area contributed by atoms with Crippen LogP contribution < -0.4 is 33.6 Å². The van der Waals surface area contributed by atoms with Gasteiger partial charge in [0, 0.05) is 56.4 Å². The highest BCUT2D eigenvalue weighted by atomic mass is 35.5. The van der Waals surface area contributed by atoms with Gasteiger partial charge in [-0.2, -0.15) is 9.98 Å². The molecule has 4 aromatic carbocycles. The number of hydrogen-bond donors (Lipinski definition) is 6. The number of aromatic nitrogens is 4. The van der Waals surface area contributed by atoms with Crippen molar-refractivity contribution >= 4 is 80.2 Å². The lowest BCUT2D eigenvalue weighted by molar-refractivity contribution is 0.0183. The van der Waals surface area contributed by atoms with Crippen LogP contribution >= 0.6 is 23.2 Å². The van der Waals surface area contributed by atoms with E-state index in [1.54, 1.807) is 24.3 Å². The van der Waals surface area contributed by atoms with E-state index in [0.29, 0.717) is 85.2 Å². The van der Waals surface area contributed by atoms with Crippen LogP contribution in [-0.4, -0.2) is 84.6 Å². The molecule has 10 N–H and O–H groups in total. The molecule has 0 amide bonds. The van der Waals surface area contributed by atoms with Gasteiger partial charge in [0.15, 0.2) is 11.9 Å². The molecule has 0 fully saturated rings. The lowest BCUT2D eigenvalue weighted by Crippen LogP contribution is -2.22. The van der Waals surface area contributed by atoms with E-state index in [0.717, 1.165) is 33.3 Å². The maximum absolute atomic E-state index is 6.32. The highest BCUT2D eigenvalue weighted by Crippen LogP contribution is 2.35. The first-order chi connectivity index (χ1) is 26.7. The Labute approximate surface area is 327 Å². The number of guanidine groups is 2. The number of para-hydroxylation sites is 2. The molecule has 0 aliphatic heterocycles. The average molecular weight is 784 g/mol. The van der Waals surface area contributed by atoms with E-state index in [2.05, 4.69) is 40.6 Å². The second-order valence-electron chi connectivity index (χ2n) is 11.9. The Balaban J connectivity index is 0.919. The minimum Gasteiger partial charge on any atom is -0.382 e. The molecular weight excluding hydrogens is 743 g/mol. The fraction of sp³-hybridized carbons (Fsp3) is 0.211. The van der Waals surface area contributed by atoms with Gasteiger partial charge in [-0.1, -0.05) is 59.6 Å². The number of anilines is 2. The zero-order chi connectivity index (χ0) is 38.6. The summed E-state index contributed by atoms with van der Waals surface area (Å²) in [4.78, 5) is 26.3. The number of nitrogens with two attached hydrogens (primary N) is 4. The maximum atomic E-state index is 6.32. The van der Waals surface area contributed by atoms with Gasteiger partial charge in [0.2, 0.25) is 0 Å². The third-order valence-electron chi connectivity index (χ3n) is 7.98. The van der Waals surface area contributed by atoms with Gasteiger partial charge < -0.3 is 47.8 Å². The van der Waals surface area contributed by atoms with Crippen molar-refractivity contribution in [1.82, 2.24) is 19.9 Å². The van der Waals surface area contributed by atoms with E-state index in [9.17, 15) is 0 Å². The molecule has 2 heterocycles. The Morgan fingerprint density at radius 2 is 0.927 bits per heavy atom. The summed E-state index contributed by atoms with van der Waals surface area (Å²) in [6.45, 7) is 3.78. The molecule has 0 unspecified atom stereocenters. The Hall–Kier alpha value is -5.84. The third-order valence-corrected chi connectivity index (χ3v) is 8.45. The maximum Gasteiger partial charge on any atom is 0.253 e. The van der Waals surface area contributed by atoms with Crippen LogP contribution in [0.1, 0.15) is 0 Å². The molecule has 0 saturated heterocycles. The van der Waals surface area contributed by atoms with Crippen molar-refractivity contribution in [2.24, 2.45) is 32.9 Å². The van der Waals surface area contributed by atoms with Crippen LogP contribution in [0.15, 0.2) is 94.9 Å². The van der Waals surface area contributed by atoms with Crippen molar-refractivity contribution < 1.29 is 14.2 Å². The molecule has 0 spiro atoms. The number of ether oxygens (including phenoxy) is 3. The Morgan fingerprint density at radius 1 is 0.527 bits per heavy atom. The summed E-state index contributed by atoms with van der Waals surface area (Å²) in [5.41, 5.74) is 28.4. The van der Waals surface area contributed by atoms with E-state index in [-0.39, 0.29) is 23.8 Å². The van der Waals surface area contributed by atoms with Crippen LogP contribution in [0, 0.1) is 0 Å². The molecule has 6 rings (SSSR count).